The highest BCUT2D eigenvalue weighted by atomic mass is 16.4. The van der Waals surface area contributed by atoms with Gasteiger partial charge < -0.3 is 20.8 Å². The van der Waals surface area contributed by atoms with E-state index in [2.05, 4.69) is 59.2 Å². The van der Waals surface area contributed by atoms with Crippen LogP contribution in [0.1, 0.15) is 58.7 Å². The largest absolute Gasteiger partial charge is 0.478 e. The first-order valence-electron chi connectivity index (χ1n) is 15.4. The maximum atomic E-state index is 12.5. The molecule has 0 aliphatic rings. The molecule has 4 N–H and O–H groups in total. The molecule has 0 atom stereocenters. The molecule has 0 aliphatic heterocycles. The topological polar surface area (TPSA) is 133 Å². The van der Waals surface area contributed by atoms with Gasteiger partial charge in [-0.15, -0.1) is 0 Å². The fourth-order valence-corrected chi connectivity index (χ4v) is 5.73. The minimum atomic E-state index is -1.20. The van der Waals surface area contributed by atoms with E-state index in [1.54, 1.807) is 0 Å². The monoisotopic (exact) mass is 630 g/mol. The van der Waals surface area contributed by atoms with Gasteiger partial charge in [0.2, 0.25) is 11.8 Å². The Morgan fingerprint density at radius 3 is 1.43 bits per heavy atom. The van der Waals surface area contributed by atoms with Crippen molar-refractivity contribution in [2.45, 2.75) is 46.5 Å². The Labute approximate surface area is 274 Å². The van der Waals surface area contributed by atoms with Crippen molar-refractivity contribution < 1.29 is 29.4 Å². The van der Waals surface area contributed by atoms with Gasteiger partial charge in [-0.1, -0.05) is 92.7 Å². The second kappa shape index (κ2) is 15.5. The highest BCUT2D eigenvalue weighted by Gasteiger charge is 2.22. The molecule has 240 valence electrons. The summed E-state index contributed by atoms with van der Waals surface area (Å²) in [7, 11) is 0. The van der Waals surface area contributed by atoms with Gasteiger partial charge in [-0.25, -0.2) is 9.59 Å². The van der Waals surface area contributed by atoms with Gasteiger partial charge in [-0.05, 0) is 76.8 Å². The van der Waals surface area contributed by atoms with Crippen LogP contribution in [0.15, 0.2) is 103 Å². The average Bonchev–Trinajstić information content (AvgIpc) is 3.05. The van der Waals surface area contributed by atoms with Gasteiger partial charge in [0.25, 0.3) is 0 Å². The molecule has 0 saturated carbocycles. The number of carbonyl (C=O) groups excluding carboxylic acids is 2. The number of hydrogen-bond acceptors (Lipinski definition) is 4. The maximum Gasteiger partial charge on any atom is 0.328 e. The van der Waals surface area contributed by atoms with E-state index in [-0.39, 0.29) is 5.92 Å². The van der Waals surface area contributed by atoms with E-state index in [0.717, 1.165) is 74.4 Å². The number of carbonyl (C=O) groups is 4. The Kier molecular flexibility index (Phi) is 11.2. The van der Waals surface area contributed by atoms with Crippen molar-refractivity contribution in [1.82, 2.24) is 0 Å². The number of hydrogen-bond donors (Lipinski definition) is 4. The number of aryl methyl sites for hydroxylation is 4. The van der Waals surface area contributed by atoms with E-state index in [1.165, 1.54) is 0 Å². The molecule has 0 unspecified atom stereocenters. The summed E-state index contributed by atoms with van der Waals surface area (Å²) in [6.07, 6.45) is 4.86. The van der Waals surface area contributed by atoms with Crippen LogP contribution in [0.5, 0.6) is 0 Å². The van der Waals surface area contributed by atoms with Gasteiger partial charge in [-0.3, -0.25) is 9.59 Å². The quantitative estimate of drug-likeness (QED) is 0.0950. The molecule has 47 heavy (non-hydrogen) atoms. The Bertz CT molecular complexity index is 1760. The van der Waals surface area contributed by atoms with Gasteiger partial charge in [0.05, 0.1) is 0 Å². The molecule has 4 aromatic rings. The molecular formula is C39H38N2O6. The smallest absolute Gasteiger partial charge is 0.328 e. The summed E-state index contributed by atoms with van der Waals surface area (Å²) in [4.78, 5) is 46.9. The third-order valence-electron chi connectivity index (χ3n) is 7.91. The molecule has 0 saturated heterocycles. The molecular weight excluding hydrogens is 592 g/mol. The van der Waals surface area contributed by atoms with Crippen LogP contribution in [0, 0.1) is 13.8 Å². The normalized spacial score (nSPS) is 11.3. The molecule has 0 aliphatic carbocycles. The standard InChI is InChI=1S/C39H38N2O6/c1-5-26-22-31(20-24(3)38(26)40-33(42)16-18-35(44)45)37(30-14-12-29(13-15-30)28-10-8-7-9-11-28)32-21-25(4)39(27(6-2)23-32)41-34(43)17-19-36(46)47/h7-23,37H,5-6H2,1-4H3,(H,40,42)(H,41,43)(H,44,45)(H,46,47)/b18-16+,19-17+. The Hall–Kier alpha value is -5.76. The molecule has 0 heterocycles. The zero-order valence-corrected chi connectivity index (χ0v) is 26.8. The number of rotatable bonds is 12. The third-order valence-corrected chi connectivity index (χ3v) is 7.91. The molecule has 4 aromatic carbocycles. The summed E-state index contributed by atoms with van der Waals surface area (Å²) >= 11 is 0. The Morgan fingerprint density at radius 2 is 1.02 bits per heavy atom. The molecule has 0 fully saturated rings. The zero-order chi connectivity index (χ0) is 34.1. The van der Waals surface area contributed by atoms with E-state index in [4.69, 9.17) is 10.2 Å². The predicted molar refractivity (Wildman–Crippen MR) is 185 cm³/mol. The lowest BCUT2D eigenvalue weighted by Crippen LogP contribution is -2.14. The van der Waals surface area contributed by atoms with Crippen molar-refractivity contribution in [3.8, 4) is 11.1 Å². The van der Waals surface area contributed by atoms with E-state index in [0.29, 0.717) is 24.2 Å². The van der Waals surface area contributed by atoms with Crippen LogP contribution in [0.4, 0.5) is 11.4 Å². The van der Waals surface area contributed by atoms with Crippen molar-refractivity contribution in [3.05, 3.63) is 142 Å². The fourth-order valence-electron chi connectivity index (χ4n) is 5.73. The van der Waals surface area contributed by atoms with Crippen molar-refractivity contribution in [3.63, 3.8) is 0 Å². The van der Waals surface area contributed by atoms with Gasteiger partial charge >= 0.3 is 11.9 Å². The van der Waals surface area contributed by atoms with Gasteiger partial charge in [0, 0.05) is 41.6 Å². The van der Waals surface area contributed by atoms with E-state index in [1.807, 2.05) is 58.0 Å². The zero-order valence-electron chi connectivity index (χ0n) is 26.8. The van der Waals surface area contributed by atoms with Crippen LogP contribution in [0.3, 0.4) is 0 Å². The second-order valence-electron chi connectivity index (χ2n) is 11.2. The van der Waals surface area contributed by atoms with Crippen molar-refractivity contribution in [1.29, 1.82) is 0 Å². The van der Waals surface area contributed by atoms with Gasteiger partial charge in [-0.2, -0.15) is 0 Å². The predicted octanol–water partition coefficient (Wildman–Crippen LogP) is 7.43. The molecule has 0 spiro atoms. The maximum absolute atomic E-state index is 12.5. The van der Waals surface area contributed by atoms with Crippen molar-refractivity contribution in [2.24, 2.45) is 0 Å². The van der Waals surface area contributed by atoms with Gasteiger partial charge in [0.1, 0.15) is 0 Å². The third kappa shape index (κ3) is 8.70. The first-order valence-corrected chi connectivity index (χ1v) is 15.4. The first-order chi connectivity index (χ1) is 22.5. The lowest BCUT2D eigenvalue weighted by atomic mass is 9.81. The Balaban J connectivity index is 1.85. The van der Waals surface area contributed by atoms with Crippen molar-refractivity contribution >= 4 is 35.1 Å². The molecule has 2 amide bonds. The molecule has 0 bridgehead atoms. The molecule has 4 rings (SSSR count). The minimum absolute atomic E-state index is 0.207. The summed E-state index contributed by atoms with van der Waals surface area (Å²) in [5.74, 6) is -3.66. The highest BCUT2D eigenvalue weighted by molar-refractivity contribution is 6.04. The lowest BCUT2D eigenvalue weighted by Gasteiger charge is -2.25. The van der Waals surface area contributed by atoms with Crippen molar-refractivity contribution in [2.75, 3.05) is 10.6 Å². The number of carboxylic acids is 2. The SMILES string of the molecule is CCc1cc(C(c2ccc(-c3ccccc3)cc2)c2cc(C)c(NC(=O)/C=C/C(=O)O)c(CC)c2)cc(C)c1NC(=O)/C=C/C(=O)O. The average molecular weight is 631 g/mol. The van der Waals surface area contributed by atoms with E-state index in [9.17, 15) is 19.2 Å². The first kappa shape index (κ1) is 34.1. The summed E-state index contributed by atoms with van der Waals surface area (Å²) in [5, 5.41) is 23.6. The van der Waals surface area contributed by atoms with E-state index >= 15 is 0 Å². The number of benzene rings is 4. The number of carboxylic acid groups (broad SMARTS) is 2. The second-order valence-corrected chi connectivity index (χ2v) is 11.2. The minimum Gasteiger partial charge on any atom is -0.478 e. The molecule has 0 aromatic heterocycles. The number of amides is 2. The van der Waals surface area contributed by atoms with Crippen LogP contribution in [0.25, 0.3) is 11.1 Å². The number of nitrogens with one attached hydrogen (secondary N) is 2. The van der Waals surface area contributed by atoms with Crippen LogP contribution in [-0.2, 0) is 32.0 Å². The van der Waals surface area contributed by atoms with Crippen LogP contribution in [0.2, 0.25) is 0 Å². The van der Waals surface area contributed by atoms with Gasteiger partial charge in [0.15, 0.2) is 0 Å². The highest BCUT2D eigenvalue weighted by Crippen LogP contribution is 2.39. The van der Waals surface area contributed by atoms with Crippen LogP contribution < -0.4 is 10.6 Å². The molecule has 0 radical (unpaired) electrons. The summed E-state index contributed by atoms with van der Waals surface area (Å²) in [6, 6.07) is 26.8. The number of anilines is 2. The van der Waals surface area contributed by atoms with Crippen LogP contribution in [-0.4, -0.2) is 34.0 Å². The van der Waals surface area contributed by atoms with Crippen LogP contribution >= 0.6 is 0 Å². The Morgan fingerprint density at radius 1 is 0.596 bits per heavy atom. The molecule has 8 nitrogen and oxygen atoms in total. The summed E-state index contributed by atoms with van der Waals surface area (Å²) in [6.45, 7) is 7.84. The fraction of sp³-hybridized carbons (Fsp3) is 0.179. The molecule has 8 heteroatoms. The summed E-state index contributed by atoms with van der Waals surface area (Å²) < 4.78 is 0. The van der Waals surface area contributed by atoms with E-state index < -0.39 is 23.8 Å². The lowest BCUT2D eigenvalue weighted by molar-refractivity contribution is -0.132. The summed E-state index contributed by atoms with van der Waals surface area (Å²) in [5.41, 5.74) is 10.0. The number of aliphatic carboxylic acids is 2.